The first-order valence-electron chi connectivity index (χ1n) is 8.82. The molecule has 7 heteroatoms. The average molecular weight is 356 g/mol. The van der Waals surface area contributed by atoms with Crippen LogP contribution in [0.15, 0.2) is 30.5 Å². The Morgan fingerprint density at radius 3 is 2.35 bits per heavy atom. The zero-order valence-corrected chi connectivity index (χ0v) is 15.4. The van der Waals surface area contributed by atoms with Gasteiger partial charge in [-0.25, -0.2) is 4.39 Å². The third-order valence-electron chi connectivity index (χ3n) is 5.60. The highest BCUT2D eigenvalue weighted by atomic mass is 19.1. The first-order valence-corrected chi connectivity index (χ1v) is 8.82. The van der Waals surface area contributed by atoms with E-state index in [0.717, 1.165) is 16.6 Å². The number of carbonyl (C=O) groups excluding carboxylic acids is 1. The molecular weight excluding hydrogens is 334 g/mol. The highest BCUT2D eigenvalue weighted by Crippen LogP contribution is 2.38. The number of rotatable bonds is 2. The van der Waals surface area contributed by atoms with Crippen molar-refractivity contribution in [1.29, 1.82) is 0 Å². The highest BCUT2D eigenvalue weighted by Gasteiger charge is 2.53. The summed E-state index contributed by atoms with van der Waals surface area (Å²) in [6, 6.07) is 6.16. The molecule has 5 nitrogen and oxygen atoms in total. The largest absolute Gasteiger partial charge is 0.497 e. The van der Waals surface area contributed by atoms with Crippen LogP contribution in [0, 0.1) is 5.82 Å². The zero-order chi connectivity index (χ0) is 18.7. The van der Waals surface area contributed by atoms with Crippen molar-refractivity contribution >= 4 is 18.5 Å². The van der Waals surface area contributed by atoms with Crippen LogP contribution in [0.5, 0.6) is 0 Å². The number of hydrogen-bond acceptors (Lipinski definition) is 3. The summed E-state index contributed by atoms with van der Waals surface area (Å²) in [6.07, 6.45) is 1.93. The molecule has 4 rings (SSSR count). The molecule has 0 saturated carbocycles. The van der Waals surface area contributed by atoms with Gasteiger partial charge < -0.3 is 19.2 Å². The Bertz CT molecular complexity index is 858. The Hall–Kier alpha value is -2.12. The van der Waals surface area contributed by atoms with Crippen LogP contribution in [-0.4, -0.2) is 35.3 Å². The Balaban J connectivity index is 1.88. The summed E-state index contributed by atoms with van der Waals surface area (Å²) >= 11 is 0. The standard InChI is InChI=1S/C19H22BFN2O3/c1-18(2)19(3,4)26-20(25-18)14-11-23-10-9-22-17(24)16(23)15(14)12-5-7-13(21)8-6-12/h5-8,11H,9-10H2,1-4H3,(H,22,24). The van der Waals surface area contributed by atoms with Gasteiger partial charge in [0.1, 0.15) is 11.5 Å². The van der Waals surface area contributed by atoms with Crippen LogP contribution in [-0.2, 0) is 15.9 Å². The third-order valence-corrected chi connectivity index (χ3v) is 5.60. The predicted octanol–water partition coefficient (Wildman–Crippen LogP) is 2.34. The van der Waals surface area contributed by atoms with Gasteiger partial charge in [-0.3, -0.25) is 4.79 Å². The van der Waals surface area contributed by atoms with Gasteiger partial charge in [-0.1, -0.05) is 12.1 Å². The van der Waals surface area contributed by atoms with Crippen molar-refractivity contribution in [1.82, 2.24) is 9.88 Å². The van der Waals surface area contributed by atoms with E-state index < -0.39 is 18.3 Å². The second-order valence-corrected chi connectivity index (χ2v) is 7.85. The smallest absolute Gasteiger partial charge is 0.399 e. The lowest BCUT2D eigenvalue weighted by Gasteiger charge is -2.32. The van der Waals surface area contributed by atoms with E-state index in [1.807, 2.05) is 38.5 Å². The second-order valence-electron chi connectivity index (χ2n) is 7.85. The third kappa shape index (κ3) is 2.58. The van der Waals surface area contributed by atoms with Crippen molar-refractivity contribution in [3.63, 3.8) is 0 Å². The molecule has 0 unspecified atom stereocenters. The van der Waals surface area contributed by atoms with Crippen molar-refractivity contribution in [2.75, 3.05) is 6.54 Å². The van der Waals surface area contributed by atoms with Crippen LogP contribution in [0.25, 0.3) is 11.1 Å². The van der Waals surface area contributed by atoms with E-state index in [9.17, 15) is 9.18 Å². The lowest BCUT2D eigenvalue weighted by Crippen LogP contribution is -2.41. The number of nitrogens with zero attached hydrogens (tertiary/aromatic N) is 1. The van der Waals surface area contributed by atoms with Gasteiger partial charge in [-0.05, 0) is 45.4 Å². The number of carbonyl (C=O) groups is 1. The lowest BCUT2D eigenvalue weighted by atomic mass is 9.76. The molecule has 1 N–H and O–H groups in total. The number of nitrogens with one attached hydrogen (secondary N) is 1. The molecular formula is C19H22BFN2O3. The van der Waals surface area contributed by atoms with Gasteiger partial charge in [0.25, 0.3) is 5.91 Å². The van der Waals surface area contributed by atoms with Gasteiger partial charge in [-0.2, -0.15) is 0 Å². The first kappa shape index (κ1) is 17.3. The summed E-state index contributed by atoms with van der Waals surface area (Å²) in [5, 5.41) is 2.88. The van der Waals surface area contributed by atoms with Crippen LogP contribution in [0.3, 0.4) is 0 Å². The highest BCUT2D eigenvalue weighted by molar-refractivity contribution is 6.64. The Morgan fingerprint density at radius 1 is 1.12 bits per heavy atom. The van der Waals surface area contributed by atoms with Crippen LogP contribution in [0.2, 0.25) is 0 Å². The van der Waals surface area contributed by atoms with E-state index in [0.29, 0.717) is 18.8 Å². The zero-order valence-electron chi connectivity index (χ0n) is 15.4. The van der Waals surface area contributed by atoms with Crippen LogP contribution >= 0.6 is 0 Å². The molecule has 3 heterocycles. The van der Waals surface area contributed by atoms with Gasteiger partial charge in [0, 0.05) is 30.3 Å². The number of amides is 1. The van der Waals surface area contributed by atoms with Crippen molar-refractivity contribution in [3.05, 3.63) is 42.0 Å². The molecule has 26 heavy (non-hydrogen) atoms. The summed E-state index contributed by atoms with van der Waals surface area (Å²) in [6.45, 7) is 9.22. The monoisotopic (exact) mass is 356 g/mol. The molecule has 1 aromatic heterocycles. The summed E-state index contributed by atoms with van der Waals surface area (Å²) in [7, 11) is -0.592. The molecule has 136 valence electrons. The quantitative estimate of drug-likeness (QED) is 0.841. The minimum absolute atomic E-state index is 0.140. The SMILES string of the molecule is CC1(C)OB(c2cn3c(c2-c2ccc(F)cc2)C(=O)NCC3)OC1(C)C. The van der Waals surface area contributed by atoms with Crippen LogP contribution in [0.4, 0.5) is 4.39 Å². The topological polar surface area (TPSA) is 52.5 Å². The summed E-state index contributed by atoms with van der Waals surface area (Å²) < 4.78 is 27.8. The average Bonchev–Trinajstić information content (AvgIpc) is 3.04. The van der Waals surface area contributed by atoms with E-state index in [2.05, 4.69) is 5.32 Å². The van der Waals surface area contributed by atoms with E-state index in [-0.39, 0.29) is 11.7 Å². The fraction of sp³-hybridized carbons (Fsp3) is 0.421. The summed E-state index contributed by atoms with van der Waals surface area (Å²) in [4.78, 5) is 12.5. The molecule has 0 bridgehead atoms. The summed E-state index contributed by atoms with van der Waals surface area (Å²) in [5.74, 6) is -0.457. The number of fused-ring (bicyclic) bond motifs is 1. The van der Waals surface area contributed by atoms with Crippen molar-refractivity contribution in [3.8, 4) is 11.1 Å². The molecule has 2 aliphatic rings. The van der Waals surface area contributed by atoms with E-state index >= 15 is 0 Å². The number of hydrogen-bond donors (Lipinski definition) is 1. The van der Waals surface area contributed by atoms with Crippen LogP contribution in [0.1, 0.15) is 38.2 Å². The number of halogens is 1. The van der Waals surface area contributed by atoms with Gasteiger partial charge in [0.15, 0.2) is 0 Å². The molecule has 1 saturated heterocycles. The Morgan fingerprint density at radius 2 is 1.73 bits per heavy atom. The number of benzene rings is 1. The molecule has 1 fully saturated rings. The molecule has 1 aromatic carbocycles. The summed E-state index contributed by atoms with van der Waals surface area (Å²) in [5.41, 5.74) is 1.89. The maximum absolute atomic E-state index is 13.4. The second kappa shape index (κ2) is 5.69. The molecule has 0 aliphatic carbocycles. The van der Waals surface area contributed by atoms with E-state index in [1.165, 1.54) is 12.1 Å². The van der Waals surface area contributed by atoms with Gasteiger partial charge in [0.2, 0.25) is 0 Å². The maximum atomic E-state index is 13.4. The molecule has 0 spiro atoms. The lowest BCUT2D eigenvalue weighted by molar-refractivity contribution is 0.00578. The Kier molecular flexibility index (Phi) is 3.79. The fourth-order valence-corrected chi connectivity index (χ4v) is 3.44. The normalized spacial score (nSPS) is 20.8. The van der Waals surface area contributed by atoms with E-state index in [4.69, 9.17) is 9.31 Å². The van der Waals surface area contributed by atoms with Crippen molar-refractivity contribution in [2.45, 2.75) is 45.4 Å². The van der Waals surface area contributed by atoms with Crippen molar-refractivity contribution < 1.29 is 18.5 Å². The first-order chi connectivity index (χ1) is 12.2. The molecule has 0 radical (unpaired) electrons. The maximum Gasteiger partial charge on any atom is 0.497 e. The molecule has 1 amide bonds. The van der Waals surface area contributed by atoms with Crippen LogP contribution < -0.4 is 10.8 Å². The molecule has 2 aromatic rings. The molecule has 0 atom stereocenters. The Labute approximate surface area is 152 Å². The van der Waals surface area contributed by atoms with E-state index in [1.54, 1.807) is 12.1 Å². The minimum atomic E-state index is -0.592. The van der Waals surface area contributed by atoms with Gasteiger partial charge >= 0.3 is 7.12 Å². The number of aromatic nitrogens is 1. The molecule has 2 aliphatic heterocycles. The van der Waals surface area contributed by atoms with Crippen molar-refractivity contribution in [2.24, 2.45) is 0 Å². The van der Waals surface area contributed by atoms with Gasteiger partial charge in [0.05, 0.1) is 11.2 Å². The fourth-order valence-electron chi connectivity index (χ4n) is 3.44. The van der Waals surface area contributed by atoms with Gasteiger partial charge in [-0.15, -0.1) is 0 Å². The predicted molar refractivity (Wildman–Crippen MR) is 97.9 cm³/mol. The minimum Gasteiger partial charge on any atom is -0.399 e.